The van der Waals surface area contributed by atoms with E-state index >= 15 is 0 Å². The molecule has 0 radical (unpaired) electrons. The van der Waals surface area contributed by atoms with Crippen molar-refractivity contribution in [3.8, 4) is 0 Å². The molecule has 4 aliphatic rings. The molecule has 0 aliphatic heterocycles. The molecular formula is C33H64O3Si2. The average Bonchev–Trinajstić information content (AvgIpc) is 3.12. The summed E-state index contributed by atoms with van der Waals surface area (Å²) < 4.78 is 13.7. The number of rotatable bonds is 9. The Bertz CT molecular complexity index is 818. The highest BCUT2D eigenvalue weighted by Crippen LogP contribution is 2.69. The van der Waals surface area contributed by atoms with E-state index in [0.29, 0.717) is 11.3 Å². The Kier molecular flexibility index (Phi) is 8.93. The maximum Gasteiger partial charge on any atom is 0.184 e. The van der Waals surface area contributed by atoms with Crippen molar-refractivity contribution in [1.82, 2.24) is 0 Å². The molecule has 38 heavy (non-hydrogen) atoms. The first kappa shape index (κ1) is 31.3. The number of aliphatic hydroxyl groups is 1. The van der Waals surface area contributed by atoms with Crippen molar-refractivity contribution in [2.45, 2.75) is 162 Å². The average molecular weight is 565 g/mol. The minimum Gasteiger partial charge on any atom is -0.412 e. The molecule has 222 valence electrons. The van der Waals surface area contributed by atoms with Gasteiger partial charge in [-0.2, -0.15) is 0 Å². The molecule has 10 atom stereocenters. The van der Waals surface area contributed by atoms with E-state index in [0.717, 1.165) is 48.9 Å². The Morgan fingerprint density at radius 1 is 0.763 bits per heavy atom. The van der Waals surface area contributed by atoms with Crippen LogP contribution in [-0.4, -0.2) is 39.6 Å². The lowest BCUT2D eigenvalue weighted by molar-refractivity contribution is -0.261. The summed E-state index contributed by atoms with van der Waals surface area (Å²) in [4.78, 5) is 0. The normalized spacial score (nSPS) is 44.4. The van der Waals surface area contributed by atoms with Crippen LogP contribution in [-0.2, 0) is 8.85 Å². The highest BCUT2D eigenvalue weighted by atomic mass is 28.4. The van der Waals surface area contributed by atoms with Crippen molar-refractivity contribution in [1.29, 1.82) is 0 Å². The second kappa shape index (κ2) is 10.9. The molecule has 1 N–H and O–H groups in total. The third kappa shape index (κ3) is 5.81. The molecule has 0 aromatic rings. The van der Waals surface area contributed by atoms with Gasteiger partial charge in [-0.05, 0) is 132 Å². The summed E-state index contributed by atoms with van der Waals surface area (Å²) in [6, 6.07) is 0. The molecule has 0 unspecified atom stereocenters. The largest absolute Gasteiger partial charge is 0.412 e. The van der Waals surface area contributed by atoms with E-state index in [1.165, 1.54) is 51.4 Å². The van der Waals surface area contributed by atoms with Gasteiger partial charge in [-0.1, -0.05) is 53.9 Å². The predicted octanol–water partition coefficient (Wildman–Crippen LogP) is 9.27. The Labute approximate surface area is 238 Å². The quantitative estimate of drug-likeness (QED) is 0.284. The van der Waals surface area contributed by atoms with Gasteiger partial charge < -0.3 is 14.0 Å². The summed E-state index contributed by atoms with van der Waals surface area (Å²) in [5, 5.41) is 12.8. The molecule has 3 nitrogen and oxygen atoms in total. The predicted molar refractivity (Wildman–Crippen MR) is 166 cm³/mol. The maximum absolute atomic E-state index is 12.8. The van der Waals surface area contributed by atoms with Crippen LogP contribution in [0.15, 0.2) is 0 Å². The molecule has 0 spiro atoms. The lowest BCUT2D eigenvalue weighted by atomic mass is 9.42. The Hall–Kier alpha value is 0.314. The molecule has 0 heterocycles. The Morgan fingerprint density at radius 2 is 1.42 bits per heavy atom. The van der Waals surface area contributed by atoms with Crippen LogP contribution in [0.5, 0.6) is 0 Å². The molecular weight excluding hydrogens is 501 g/mol. The van der Waals surface area contributed by atoms with E-state index in [1.54, 1.807) is 0 Å². The van der Waals surface area contributed by atoms with E-state index in [4.69, 9.17) is 8.85 Å². The first-order valence-corrected chi connectivity index (χ1v) is 23.3. The van der Waals surface area contributed by atoms with Crippen LogP contribution in [0.4, 0.5) is 0 Å². The summed E-state index contributed by atoms with van der Waals surface area (Å²) in [5.74, 6) is 4.79. The van der Waals surface area contributed by atoms with Gasteiger partial charge in [-0.15, -0.1) is 0 Å². The second-order valence-corrected chi connectivity index (χ2v) is 26.2. The molecule has 5 heteroatoms. The summed E-state index contributed by atoms with van der Waals surface area (Å²) in [5.41, 5.74) is -0.342. The number of hydrogen-bond donors (Lipinski definition) is 1. The third-order valence-electron chi connectivity index (χ3n) is 12.0. The lowest BCUT2D eigenvalue weighted by Gasteiger charge is -2.66. The van der Waals surface area contributed by atoms with Crippen LogP contribution in [0.2, 0.25) is 39.3 Å². The molecule has 4 saturated carbocycles. The van der Waals surface area contributed by atoms with E-state index in [1.807, 2.05) is 0 Å². The van der Waals surface area contributed by atoms with Gasteiger partial charge in [0, 0.05) is 5.41 Å². The monoisotopic (exact) mass is 564 g/mol. The van der Waals surface area contributed by atoms with Gasteiger partial charge in [0.25, 0.3) is 0 Å². The zero-order chi connectivity index (χ0) is 28.3. The van der Waals surface area contributed by atoms with E-state index in [2.05, 4.69) is 73.9 Å². The lowest BCUT2D eigenvalue weighted by Crippen LogP contribution is -2.71. The van der Waals surface area contributed by atoms with Crippen LogP contribution in [0.3, 0.4) is 0 Å². The van der Waals surface area contributed by atoms with Gasteiger partial charge in [0.2, 0.25) is 0 Å². The van der Waals surface area contributed by atoms with Gasteiger partial charge >= 0.3 is 0 Å². The molecule has 0 amide bonds. The van der Waals surface area contributed by atoms with Crippen LogP contribution in [0.25, 0.3) is 0 Å². The SMILES string of the molecule is CC(C)CCC[C@@H](C)[C@H]1CC[C@H]2[C@@H]3CC[C@@]4(O)[C@H](O[Si](C)(C)C)[C@@H](O[Si](C)(C)C)CC[C@]4(C)[C@H]3CC[C@]12C. The topological polar surface area (TPSA) is 38.7 Å². The van der Waals surface area contributed by atoms with Gasteiger partial charge in [0.15, 0.2) is 16.6 Å². The maximum atomic E-state index is 12.8. The number of hydrogen-bond acceptors (Lipinski definition) is 3. The van der Waals surface area contributed by atoms with E-state index < -0.39 is 22.2 Å². The molecule has 0 bridgehead atoms. The van der Waals surface area contributed by atoms with Crippen molar-refractivity contribution >= 4 is 16.6 Å². The highest BCUT2D eigenvalue weighted by molar-refractivity contribution is 6.70. The van der Waals surface area contributed by atoms with Gasteiger partial charge in [-0.3, -0.25) is 0 Å². The zero-order valence-electron chi connectivity index (χ0n) is 27.2. The summed E-state index contributed by atoms with van der Waals surface area (Å²) in [7, 11) is -3.61. The highest BCUT2D eigenvalue weighted by Gasteiger charge is 2.68. The second-order valence-electron chi connectivity index (χ2n) is 17.2. The summed E-state index contributed by atoms with van der Waals surface area (Å²) in [6.07, 6.45) is 13.8. The summed E-state index contributed by atoms with van der Waals surface area (Å²) in [6.45, 7) is 26.2. The molecule has 4 rings (SSSR count). The van der Waals surface area contributed by atoms with Crippen molar-refractivity contribution in [2.24, 2.45) is 46.3 Å². The molecule has 0 saturated heterocycles. The van der Waals surface area contributed by atoms with Crippen LogP contribution in [0.1, 0.15) is 105 Å². The fourth-order valence-corrected chi connectivity index (χ4v) is 12.7. The van der Waals surface area contributed by atoms with Crippen LogP contribution >= 0.6 is 0 Å². The van der Waals surface area contributed by atoms with Crippen molar-refractivity contribution < 1.29 is 14.0 Å². The zero-order valence-corrected chi connectivity index (χ0v) is 29.2. The van der Waals surface area contributed by atoms with Gasteiger partial charge in [-0.25, -0.2) is 0 Å². The Morgan fingerprint density at radius 3 is 2.03 bits per heavy atom. The smallest absolute Gasteiger partial charge is 0.184 e. The minimum atomic E-state index is -1.86. The standard InChI is InChI=1S/C33H64O3Si2/c1-23(2)13-12-14-24(3)26-15-16-27-25-17-22-33(34)30(36-38(9,10)11)29(35-37(6,7)8)19-21-32(33,5)28(25)18-20-31(26,27)4/h23-30,34H,12-22H2,1-11H3/t24-,25+,26-,27+,28+,29+,30-,31-,32-,33-/m1/s1. The van der Waals surface area contributed by atoms with Crippen LogP contribution in [0, 0.1) is 46.3 Å². The molecule has 4 fully saturated rings. The van der Waals surface area contributed by atoms with Crippen molar-refractivity contribution in [3.63, 3.8) is 0 Å². The molecule has 0 aromatic carbocycles. The van der Waals surface area contributed by atoms with Gasteiger partial charge in [0.05, 0.1) is 17.8 Å². The van der Waals surface area contributed by atoms with E-state index in [9.17, 15) is 5.11 Å². The van der Waals surface area contributed by atoms with Gasteiger partial charge in [0.1, 0.15) is 0 Å². The van der Waals surface area contributed by atoms with Crippen molar-refractivity contribution in [3.05, 3.63) is 0 Å². The summed E-state index contributed by atoms with van der Waals surface area (Å²) >= 11 is 0. The first-order valence-electron chi connectivity index (χ1n) is 16.5. The third-order valence-corrected chi connectivity index (χ3v) is 14.0. The minimum absolute atomic E-state index is 0.0411. The van der Waals surface area contributed by atoms with Crippen LogP contribution < -0.4 is 0 Å². The molecule has 4 aliphatic carbocycles. The first-order chi connectivity index (χ1) is 17.4. The van der Waals surface area contributed by atoms with Crippen molar-refractivity contribution in [2.75, 3.05) is 0 Å². The number of fused-ring (bicyclic) bond motifs is 5. The molecule has 0 aromatic heterocycles. The Balaban J connectivity index is 1.57. The van der Waals surface area contributed by atoms with E-state index in [-0.39, 0.29) is 17.6 Å². The fourth-order valence-electron chi connectivity index (χ4n) is 10.4. The fraction of sp³-hybridized carbons (Fsp3) is 1.00.